The van der Waals surface area contributed by atoms with Crippen molar-refractivity contribution in [1.82, 2.24) is 22.3 Å². The van der Waals surface area contributed by atoms with Gasteiger partial charge in [-0.1, -0.05) is 227 Å². The third kappa shape index (κ3) is 63.0. The van der Waals surface area contributed by atoms with Gasteiger partial charge in [0, 0.05) is 60.4 Å². The predicted molar refractivity (Wildman–Crippen MR) is 443 cm³/mol. The summed E-state index contributed by atoms with van der Waals surface area (Å²) >= 11 is 7.41. The van der Waals surface area contributed by atoms with Gasteiger partial charge in [-0.2, -0.15) is 5.26 Å². The molecule has 0 saturated carbocycles. The summed E-state index contributed by atoms with van der Waals surface area (Å²) in [6.07, 6.45) is 6.89. The standard InChI is InChI=1S/C36H38N2O4S2.C14H16N2.10C2H6.CH4.2H3N.12H2N.2Ru/c1-6-38(30-20-31-29(18-25(30)3)24(2)19-34(40)42-31)22-26-12-14-27(15-13-26)32(44-35(43)28-10-8-7-9-11-28)21-36(4,23-37)17-16-33(39)41-5;1-3-11-5-7-15-13(9-11)14-10-12(4-2)6-8-16-14;10*1-2;;;;;;;;;;;;;;;;;/h7-15,18-20,32H,6,16-17,21-22H2,1-5H3;5-10H,3-4H2,1-2H3;10*1-2H3;1H4;2*1H3;12*1H2;;/q;;;;;;;;;;;;;;;12*-1;2*+6. The molecule has 26 heteroatoms. The zero-order valence-electron chi connectivity index (χ0n) is 64.7. The van der Waals surface area contributed by atoms with Gasteiger partial charge in [0.05, 0.1) is 34.2 Å². The van der Waals surface area contributed by atoms with Crippen molar-refractivity contribution in [1.29, 1.82) is 5.26 Å². The van der Waals surface area contributed by atoms with Gasteiger partial charge in [-0.15, -0.1) is 11.8 Å². The smallest absolute Gasteiger partial charge is 0.693 e. The van der Waals surface area contributed by atoms with Crippen molar-refractivity contribution in [2.75, 3.05) is 18.6 Å². The minimum absolute atomic E-state index is 0. The number of aryl methyl sites for hydroxylation is 4. The maximum absolute atomic E-state index is 12.0. The van der Waals surface area contributed by atoms with E-state index in [1.54, 1.807) is 11.8 Å². The Hall–Kier alpha value is -4.94. The van der Waals surface area contributed by atoms with Crippen LogP contribution in [0.4, 0.5) is 5.69 Å². The molecule has 30 N–H and O–H groups in total. The topological polar surface area (TPSA) is 581 Å². The number of carbonyl (C=O) groups excluding carboxylic acids is 1. The van der Waals surface area contributed by atoms with Gasteiger partial charge >= 0.3 is 50.6 Å². The van der Waals surface area contributed by atoms with Gasteiger partial charge < -0.3 is 100 Å². The van der Waals surface area contributed by atoms with E-state index in [2.05, 4.69) is 91.1 Å². The summed E-state index contributed by atoms with van der Waals surface area (Å²) in [5.74, 6) is -0.320. The minimum Gasteiger partial charge on any atom is -0.693 e. The second kappa shape index (κ2) is 107. The fourth-order valence-electron chi connectivity index (χ4n) is 6.99. The molecular weight excluding hydrogens is 1440 g/mol. The molecule has 22 nitrogen and oxygen atoms in total. The van der Waals surface area contributed by atoms with Gasteiger partial charge in [0.25, 0.3) is 0 Å². The molecule has 2 atom stereocenters. The second-order valence-corrected chi connectivity index (χ2v) is 17.0. The molecule has 0 aliphatic rings. The zero-order chi connectivity index (χ0) is 63.2. The van der Waals surface area contributed by atoms with E-state index in [0.717, 1.165) is 73.9 Å². The van der Waals surface area contributed by atoms with Gasteiger partial charge in [-0.05, 0) is 123 Å². The van der Waals surface area contributed by atoms with Crippen molar-refractivity contribution in [3.63, 3.8) is 0 Å². The molecule has 6 aromatic rings. The average molecular weight is 1580 g/mol. The maximum atomic E-state index is 12.0. The summed E-state index contributed by atoms with van der Waals surface area (Å²) in [6, 6.07) is 34.7. The number of benzene rings is 3. The van der Waals surface area contributed by atoms with Crippen molar-refractivity contribution >= 4 is 50.8 Å². The molecule has 3 heterocycles. The summed E-state index contributed by atoms with van der Waals surface area (Å²) in [6.45, 7) is 53.8. The summed E-state index contributed by atoms with van der Waals surface area (Å²) in [5, 5.41) is 11.0. The number of aromatic nitrogens is 2. The molecule has 0 saturated heterocycles. The molecule has 0 bridgehead atoms. The SMILES string of the molecule is C.CC.CC.CC.CC.CC.CC.CC.CC.CC.CC.CCN(Cc1ccc(C(CC(C)(C#N)CCC(=O)OC)SC(=S)c2ccccc2)cc1)c1cc2oc(=O)cc(C)c2cc1C.CCc1ccnc(-c2cc(CC)ccn2)c1.N.N.[NH2-].[NH2-].[NH2-].[NH2-].[NH2-].[NH2-].[NH2-].[NH2-].[NH2-].[NH2-].[NH2-].[NH2-].[Ru+6].[Ru+6]. The quantitative estimate of drug-likeness (QED) is 0.0419. The van der Waals surface area contributed by atoms with Crippen LogP contribution in [0.25, 0.3) is 96.2 Å². The summed E-state index contributed by atoms with van der Waals surface area (Å²) in [4.78, 5) is 34.9. The van der Waals surface area contributed by atoms with Gasteiger partial charge in [-0.25, -0.2) is 4.79 Å². The maximum Gasteiger partial charge on any atom is 6.00 e. The first-order chi connectivity index (χ1) is 38.9. The van der Waals surface area contributed by atoms with Gasteiger partial charge in [0.1, 0.15) is 5.58 Å². The number of thioether (sulfide) groups is 1. The fraction of sp³-hybridized carbons (Fsp3) is 0.521. The summed E-state index contributed by atoms with van der Waals surface area (Å²) in [5.41, 5.74) is 10.2. The fourth-order valence-corrected chi connectivity index (χ4v) is 8.75. The van der Waals surface area contributed by atoms with Crippen molar-refractivity contribution < 1.29 is 52.9 Å². The number of nitrogens with two attached hydrogens (primary N) is 12. The van der Waals surface area contributed by atoms with Crippen LogP contribution in [0.1, 0.15) is 237 Å². The molecule has 6 rings (SSSR count). The van der Waals surface area contributed by atoms with Crippen LogP contribution in [0, 0.1) is 30.6 Å². The average Bonchev–Trinajstić information content (AvgIpc) is 3.55. The Bertz CT molecular complexity index is 2510. The molecule has 0 spiro atoms. The Balaban J connectivity index is -0.0000000424. The van der Waals surface area contributed by atoms with E-state index in [0.29, 0.717) is 25.0 Å². The minimum atomic E-state index is -0.739. The Morgan fingerprint density at radius 3 is 1.34 bits per heavy atom. The molecule has 0 fully saturated rings. The number of anilines is 1. The Kier molecular flexibility index (Phi) is 177. The molecule has 0 aliphatic carbocycles. The van der Waals surface area contributed by atoms with E-state index in [9.17, 15) is 14.9 Å². The van der Waals surface area contributed by atoms with E-state index in [4.69, 9.17) is 21.4 Å². The van der Waals surface area contributed by atoms with Crippen molar-refractivity contribution in [2.24, 2.45) is 5.41 Å². The largest absolute Gasteiger partial charge is 6.00 e. The van der Waals surface area contributed by atoms with Crippen molar-refractivity contribution in [2.45, 2.75) is 231 Å². The number of nitrogens with zero attached hydrogens (tertiary/aromatic N) is 4. The first-order valence-electron chi connectivity index (χ1n) is 30.4. The molecule has 0 radical (unpaired) electrons. The summed E-state index contributed by atoms with van der Waals surface area (Å²) < 4.78 is 11.1. The number of pyridine rings is 2. The number of thiocarbonyl (C=S) groups is 1. The van der Waals surface area contributed by atoms with Crippen LogP contribution >= 0.6 is 24.0 Å². The van der Waals surface area contributed by atoms with E-state index >= 15 is 0 Å². The van der Waals surface area contributed by atoms with Crippen LogP contribution in [0.2, 0.25) is 0 Å². The number of esters is 1. The first kappa shape index (κ1) is 160. The van der Waals surface area contributed by atoms with Crippen molar-refractivity contribution in [3.8, 4) is 17.5 Å². The number of methoxy groups -OCH3 is 1. The number of hydrogen-bond acceptors (Lipinski definition) is 12. The zero-order valence-corrected chi connectivity index (χ0v) is 69.8. The van der Waals surface area contributed by atoms with Crippen LogP contribution in [-0.4, -0.2) is 33.8 Å². The molecule has 0 amide bonds. The van der Waals surface area contributed by atoms with Crippen molar-refractivity contribution in [3.05, 3.63) is 233 Å². The van der Waals surface area contributed by atoms with E-state index < -0.39 is 5.41 Å². The van der Waals surface area contributed by atoms with Crippen LogP contribution in [-0.2, 0) is 67.9 Å². The Labute approximate surface area is 632 Å². The van der Waals surface area contributed by atoms with E-state index in [1.807, 2.05) is 213 Å². The molecule has 0 aliphatic heterocycles. The third-order valence-electron chi connectivity index (χ3n) is 10.7. The van der Waals surface area contributed by atoms with Gasteiger partial charge in [0.2, 0.25) is 0 Å². The normalized spacial score (nSPS) is 8.27. The molecular formula is C71H148N18O4Ru2S2. The number of carbonyl (C=O) groups is 1. The van der Waals surface area contributed by atoms with E-state index in [-0.39, 0.29) is 156 Å². The number of fused-ring (bicyclic) bond motifs is 1. The van der Waals surface area contributed by atoms with E-state index in [1.165, 1.54) is 24.3 Å². The summed E-state index contributed by atoms with van der Waals surface area (Å²) in [7, 11) is 1.37. The van der Waals surface area contributed by atoms with Crippen LogP contribution < -0.4 is 22.8 Å². The number of ether oxygens (including phenoxy) is 1. The van der Waals surface area contributed by atoms with Crippen LogP contribution in [0.15, 0.2) is 119 Å². The molecule has 3 aromatic heterocycles. The number of hydrogen-bond donors (Lipinski definition) is 2. The predicted octanol–water partition coefficient (Wildman–Crippen LogP) is 31.6. The molecule has 3 aromatic carbocycles. The Morgan fingerprint density at radius 1 is 0.598 bits per heavy atom. The van der Waals surface area contributed by atoms with Crippen LogP contribution in [0.5, 0.6) is 0 Å². The third-order valence-corrected chi connectivity index (χ3v) is 12.4. The van der Waals surface area contributed by atoms with Crippen LogP contribution in [0.3, 0.4) is 0 Å². The molecule has 97 heavy (non-hydrogen) atoms. The molecule has 2 unspecified atom stereocenters. The number of nitriles is 1. The van der Waals surface area contributed by atoms with Gasteiger partial charge in [0.15, 0.2) is 0 Å². The molecule has 574 valence electrons. The number of rotatable bonds is 15. The Morgan fingerprint density at radius 2 is 0.990 bits per heavy atom. The van der Waals surface area contributed by atoms with Gasteiger partial charge in [-0.3, -0.25) is 14.8 Å². The second-order valence-electron chi connectivity index (χ2n) is 15.2. The first-order valence-corrected chi connectivity index (χ1v) is 31.7. The monoisotopic (exact) mass is 1580 g/mol.